The fourth-order valence-corrected chi connectivity index (χ4v) is 4.31. The molecule has 4 rings (SSSR count). The zero-order valence-corrected chi connectivity index (χ0v) is 22.0. The minimum atomic E-state index is -2.94. The molecule has 1 aromatic carbocycles. The Morgan fingerprint density at radius 1 is 1.11 bits per heavy atom. The molecule has 3 aromatic rings. The number of amides is 1. The van der Waals surface area contributed by atoms with Gasteiger partial charge in [0.15, 0.2) is 0 Å². The van der Waals surface area contributed by atoms with Crippen LogP contribution in [-0.4, -0.2) is 57.4 Å². The van der Waals surface area contributed by atoms with Crippen molar-refractivity contribution in [3.8, 4) is 0 Å². The molecule has 9 nitrogen and oxygen atoms in total. The van der Waals surface area contributed by atoms with Gasteiger partial charge in [0.1, 0.15) is 23.1 Å². The molecule has 1 atom stereocenters. The lowest BCUT2D eigenvalue weighted by atomic mass is 10.0. The van der Waals surface area contributed by atoms with Crippen LogP contribution in [0.5, 0.6) is 0 Å². The summed E-state index contributed by atoms with van der Waals surface area (Å²) in [5.74, 6) is -0.252. The molecule has 38 heavy (non-hydrogen) atoms. The Labute approximate surface area is 218 Å². The van der Waals surface area contributed by atoms with Crippen LogP contribution in [0.1, 0.15) is 57.1 Å². The summed E-state index contributed by atoms with van der Waals surface area (Å²) in [5.41, 5.74) is -1.12. The van der Waals surface area contributed by atoms with Crippen LogP contribution in [0.3, 0.4) is 0 Å². The van der Waals surface area contributed by atoms with Crippen molar-refractivity contribution in [2.24, 2.45) is 0 Å². The lowest BCUT2D eigenvalue weighted by molar-refractivity contribution is 0.0232. The van der Waals surface area contributed by atoms with Crippen LogP contribution in [0.4, 0.5) is 23.8 Å². The van der Waals surface area contributed by atoms with Crippen molar-refractivity contribution in [2.75, 3.05) is 36.5 Å². The second kappa shape index (κ2) is 10.5. The average Bonchev–Trinajstić information content (AvgIpc) is 2.82. The molecule has 12 heteroatoms. The van der Waals surface area contributed by atoms with E-state index in [1.54, 1.807) is 45.7 Å². The Hall–Kier alpha value is -3.83. The molecule has 0 aliphatic carbocycles. The van der Waals surface area contributed by atoms with Gasteiger partial charge < -0.3 is 20.0 Å². The van der Waals surface area contributed by atoms with Crippen LogP contribution in [-0.2, 0) is 4.74 Å². The molecule has 0 radical (unpaired) electrons. The van der Waals surface area contributed by atoms with Crippen LogP contribution in [0.2, 0.25) is 0 Å². The standard InChI is InChI=1S/C26H31F3N6O3/c1-15(17-7-6-8-18(22(17)27)23(28)29)30-24-19-14-35(21(36)13-20(19)31-16(2)32-24)34-11-9-33(10-12-34)25(37)38-26(3,4)5/h6-8,13-15,23H,9-12H2,1-5H3,(H,30,31,32)/t15-/m1/s1. The molecule has 0 saturated carbocycles. The largest absolute Gasteiger partial charge is 0.444 e. The van der Waals surface area contributed by atoms with Crippen LogP contribution in [0.15, 0.2) is 35.3 Å². The van der Waals surface area contributed by atoms with Gasteiger partial charge in [-0.2, -0.15) is 0 Å². The number of hydrogen-bond donors (Lipinski definition) is 1. The smallest absolute Gasteiger partial charge is 0.410 e. The number of nitrogens with zero attached hydrogens (tertiary/aromatic N) is 5. The quantitative estimate of drug-likeness (QED) is 0.516. The third kappa shape index (κ3) is 5.84. The predicted molar refractivity (Wildman–Crippen MR) is 138 cm³/mol. The average molecular weight is 533 g/mol. The summed E-state index contributed by atoms with van der Waals surface area (Å²) in [6.07, 6.45) is -1.74. The molecule has 1 saturated heterocycles. The minimum Gasteiger partial charge on any atom is -0.444 e. The monoisotopic (exact) mass is 532 g/mol. The van der Waals surface area contributed by atoms with E-state index in [0.717, 1.165) is 6.07 Å². The van der Waals surface area contributed by atoms with Gasteiger partial charge in [0.05, 0.1) is 35.6 Å². The van der Waals surface area contributed by atoms with Crippen molar-refractivity contribution in [2.45, 2.75) is 52.7 Å². The Balaban J connectivity index is 1.61. The molecule has 3 heterocycles. The zero-order chi connectivity index (χ0) is 27.8. The first-order valence-electron chi connectivity index (χ1n) is 12.3. The Bertz CT molecular complexity index is 1400. The lowest BCUT2D eigenvalue weighted by Crippen LogP contribution is -2.55. The van der Waals surface area contributed by atoms with E-state index in [2.05, 4.69) is 15.3 Å². The number of nitrogens with one attached hydrogen (secondary N) is 1. The summed E-state index contributed by atoms with van der Waals surface area (Å²) in [7, 11) is 0. The zero-order valence-electron chi connectivity index (χ0n) is 22.0. The molecule has 1 aliphatic heterocycles. The number of carbonyl (C=O) groups excluding carboxylic acids is 1. The molecule has 0 unspecified atom stereocenters. The number of hydrogen-bond acceptors (Lipinski definition) is 7. The fraction of sp³-hybridized carbons (Fsp3) is 0.462. The highest BCUT2D eigenvalue weighted by Crippen LogP contribution is 2.30. The molecule has 1 amide bonds. The first-order valence-corrected chi connectivity index (χ1v) is 12.3. The third-order valence-corrected chi connectivity index (χ3v) is 6.15. The second-order valence-electron chi connectivity index (χ2n) is 10.2. The summed E-state index contributed by atoms with van der Waals surface area (Å²) in [6.45, 7) is 10.2. The van der Waals surface area contributed by atoms with Gasteiger partial charge in [-0.15, -0.1) is 0 Å². The first kappa shape index (κ1) is 27.2. The van der Waals surface area contributed by atoms with Gasteiger partial charge in [-0.25, -0.2) is 32.6 Å². The fourth-order valence-electron chi connectivity index (χ4n) is 4.31. The van der Waals surface area contributed by atoms with Gasteiger partial charge in [-0.1, -0.05) is 18.2 Å². The predicted octanol–water partition coefficient (Wildman–Crippen LogP) is 4.54. The molecule has 0 spiro atoms. The van der Waals surface area contributed by atoms with E-state index in [9.17, 15) is 22.8 Å². The van der Waals surface area contributed by atoms with E-state index in [4.69, 9.17) is 4.74 Å². The summed E-state index contributed by atoms with van der Waals surface area (Å²) in [5, 5.41) is 5.41. The number of fused-ring (bicyclic) bond motifs is 1. The highest BCUT2D eigenvalue weighted by Gasteiger charge is 2.27. The van der Waals surface area contributed by atoms with Crippen LogP contribution in [0.25, 0.3) is 10.9 Å². The number of rotatable bonds is 5. The first-order chi connectivity index (χ1) is 17.8. The van der Waals surface area contributed by atoms with E-state index in [1.807, 2.05) is 5.01 Å². The van der Waals surface area contributed by atoms with Crippen molar-refractivity contribution >= 4 is 22.8 Å². The van der Waals surface area contributed by atoms with Crippen molar-refractivity contribution < 1.29 is 22.7 Å². The number of halogens is 3. The van der Waals surface area contributed by atoms with Crippen LogP contribution in [0, 0.1) is 12.7 Å². The number of piperazine rings is 1. The maximum absolute atomic E-state index is 14.8. The number of ether oxygens (including phenoxy) is 1. The van der Waals surface area contributed by atoms with Gasteiger partial charge >= 0.3 is 6.09 Å². The Kier molecular flexibility index (Phi) is 7.52. The molecule has 1 N–H and O–H groups in total. The molecule has 1 aliphatic rings. The minimum absolute atomic E-state index is 0.0683. The molecule has 1 fully saturated rings. The maximum Gasteiger partial charge on any atom is 0.410 e. The highest BCUT2D eigenvalue weighted by atomic mass is 19.3. The van der Waals surface area contributed by atoms with Crippen molar-refractivity contribution in [1.82, 2.24) is 19.5 Å². The number of benzene rings is 1. The van der Waals surface area contributed by atoms with Gasteiger partial charge in [0, 0.05) is 30.9 Å². The Morgan fingerprint density at radius 2 is 1.76 bits per heavy atom. The van der Waals surface area contributed by atoms with Crippen LogP contribution >= 0.6 is 0 Å². The highest BCUT2D eigenvalue weighted by molar-refractivity contribution is 5.88. The number of alkyl halides is 2. The molecule has 204 valence electrons. The SMILES string of the molecule is Cc1nc(N[C@H](C)c2cccc(C(F)F)c2F)c2cn(N3CCN(C(=O)OC(C)(C)C)CC3)c(=O)cc2n1. The van der Waals surface area contributed by atoms with E-state index < -0.39 is 35.5 Å². The van der Waals surface area contributed by atoms with Gasteiger partial charge in [0.25, 0.3) is 12.0 Å². The number of anilines is 1. The normalized spacial score (nSPS) is 15.2. The van der Waals surface area contributed by atoms with E-state index in [0.29, 0.717) is 48.7 Å². The number of pyridine rings is 1. The van der Waals surface area contributed by atoms with Gasteiger partial charge in [0.2, 0.25) is 0 Å². The summed E-state index contributed by atoms with van der Waals surface area (Å²) < 4.78 is 48.1. The molecule has 2 aromatic heterocycles. The van der Waals surface area contributed by atoms with Crippen molar-refractivity contribution in [3.05, 3.63) is 63.6 Å². The van der Waals surface area contributed by atoms with Gasteiger partial charge in [-0.3, -0.25) is 4.79 Å². The number of aromatic nitrogens is 3. The molecular weight excluding hydrogens is 501 g/mol. The van der Waals surface area contributed by atoms with Crippen molar-refractivity contribution in [1.29, 1.82) is 0 Å². The third-order valence-electron chi connectivity index (χ3n) is 6.15. The lowest BCUT2D eigenvalue weighted by Gasteiger charge is -2.37. The molecular formula is C26H31F3N6O3. The topological polar surface area (TPSA) is 92.6 Å². The number of carbonyl (C=O) groups is 1. The van der Waals surface area contributed by atoms with E-state index >= 15 is 0 Å². The van der Waals surface area contributed by atoms with Gasteiger partial charge in [-0.05, 0) is 34.6 Å². The second-order valence-corrected chi connectivity index (χ2v) is 10.2. The molecule has 0 bridgehead atoms. The summed E-state index contributed by atoms with van der Waals surface area (Å²) in [4.78, 5) is 35.8. The number of aryl methyl sites for hydroxylation is 1. The van der Waals surface area contributed by atoms with Crippen molar-refractivity contribution in [3.63, 3.8) is 0 Å². The summed E-state index contributed by atoms with van der Waals surface area (Å²) >= 11 is 0. The van der Waals surface area contributed by atoms with Crippen LogP contribution < -0.4 is 15.9 Å². The summed E-state index contributed by atoms with van der Waals surface area (Å²) in [6, 6.07) is 4.56. The van der Waals surface area contributed by atoms with E-state index in [-0.39, 0.29) is 11.1 Å². The van der Waals surface area contributed by atoms with E-state index in [1.165, 1.54) is 22.9 Å². The Morgan fingerprint density at radius 3 is 2.39 bits per heavy atom. The maximum atomic E-state index is 14.8.